The van der Waals surface area contributed by atoms with Gasteiger partial charge in [0.05, 0.1) is 46.7 Å². The Balaban J connectivity index is 1.66. The molecule has 2 aliphatic carbocycles. The number of amides is 2. The summed E-state index contributed by atoms with van der Waals surface area (Å²) in [6, 6.07) is 4.49. The Hall–Kier alpha value is -2.27. The molecular weight excluding hydrogens is 565 g/mol. The topological polar surface area (TPSA) is 107 Å². The summed E-state index contributed by atoms with van der Waals surface area (Å²) < 4.78 is 94.1. The van der Waals surface area contributed by atoms with Crippen molar-refractivity contribution in [2.24, 2.45) is 11.8 Å². The number of hydrogen-bond acceptors (Lipinski definition) is 5. The van der Waals surface area contributed by atoms with Crippen LogP contribution in [0, 0.1) is 23.2 Å². The molecule has 0 radical (unpaired) electrons. The van der Waals surface area contributed by atoms with Crippen LogP contribution in [0.1, 0.15) is 31.2 Å². The van der Waals surface area contributed by atoms with Gasteiger partial charge in [-0.25, -0.2) is 17.2 Å². The molecule has 7 nitrogen and oxygen atoms in total. The molecule has 35 heavy (non-hydrogen) atoms. The number of likely N-dealkylation sites (tertiary alicyclic amines) is 1. The molecule has 2 saturated carbocycles. The monoisotopic (exact) mass is 583 g/mol. The van der Waals surface area contributed by atoms with E-state index in [4.69, 9.17) is 0 Å². The van der Waals surface area contributed by atoms with Gasteiger partial charge < -0.3 is 10.2 Å². The minimum Gasteiger partial charge on any atom is -0.338 e. The molecule has 3 atom stereocenters. The second-order valence-electron chi connectivity index (χ2n) is 9.22. The van der Waals surface area contributed by atoms with E-state index in [1.54, 1.807) is 0 Å². The average molecular weight is 584 g/mol. The number of nitrogens with one attached hydrogen (secondary N) is 1. The Morgan fingerprint density at radius 2 is 1.74 bits per heavy atom. The third-order valence-electron chi connectivity index (χ3n) is 6.65. The Morgan fingerprint density at radius 3 is 2.26 bits per heavy atom. The highest BCUT2D eigenvalue weighted by atomic mass is 79.9. The molecule has 0 spiro atoms. The quantitative estimate of drug-likeness (QED) is 0.535. The van der Waals surface area contributed by atoms with Crippen LogP contribution >= 0.6 is 15.9 Å². The van der Waals surface area contributed by atoms with Crippen LogP contribution in [-0.4, -0.2) is 54.9 Å². The van der Waals surface area contributed by atoms with E-state index in [1.807, 2.05) is 6.07 Å². The number of alkyl halides is 5. The number of nitriles is 1. The van der Waals surface area contributed by atoms with Crippen molar-refractivity contribution in [2.45, 2.75) is 53.5 Å². The zero-order valence-electron chi connectivity index (χ0n) is 17.9. The van der Waals surface area contributed by atoms with Gasteiger partial charge in [0.15, 0.2) is 9.84 Å². The molecule has 3 fully saturated rings. The van der Waals surface area contributed by atoms with Crippen LogP contribution in [0.25, 0.3) is 0 Å². The molecule has 1 aromatic rings. The predicted octanol–water partition coefficient (Wildman–Crippen LogP) is 3.29. The van der Waals surface area contributed by atoms with E-state index in [9.17, 15) is 45.2 Å². The van der Waals surface area contributed by atoms with E-state index in [-0.39, 0.29) is 4.47 Å². The van der Waals surface area contributed by atoms with Crippen molar-refractivity contribution in [2.75, 3.05) is 13.1 Å². The maximum atomic E-state index is 13.6. The Labute approximate surface area is 205 Å². The van der Waals surface area contributed by atoms with E-state index in [0.29, 0.717) is 18.9 Å². The molecule has 3 unspecified atom stereocenters. The van der Waals surface area contributed by atoms with Gasteiger partial charge >= 0.3 is 6.18 Å². The van der Waals surface area contributed by atoms with Crippen LogP contribution in [0.15, 0.2) is 27.6 Å². The molecule has 1 aromatic carbocycles. The Bertz CT molecular complexity index is 1220. The fraction of sp³-hybridized carbons (Fsp3) is 0.571. The van der Waals surface area contributed by atoms with E-state index in [2.05, 4.69) is 21.2 Å². The van der Waals surface area contributed by atoms with Gasteiger partial charge in [0.2, 0.25) is 11.8 Å². The summed E-state index contributed by atoms with van der Waals surface area (Å²) >= 11 is 2.89. The number of benzene rings is 1. The van der Waals surface area contributed by atoms with Gasteiger partial charge in [0.1, 0.15) is 5.54 Å². The number of rotatable bonds is 5. The number of halogens is 6. The van der Waals surface area contributed by atoms with Gasteiger partial charge in [-0.1, -0.05) is 15.9 Å². The second-order valence-corrected chi connectivity index (χ2v) is 12.3. The van der Waals surface area contributed by atoms with Crippen molar-refractivity contribution < 1.29 is 40.0 Å². The fourth-order valence-electron chi connectivity index (χ4n) is 4.58. The molecule has 1 N–H and O–H groups in total. The van der Waals surface area contributed by atoms with Crippen LogP contribution < -0.4 is 5.32 Å². The summed E-state index contributed by atoms with van der Waals surface area (Å²) in [6.45, 7) is -1.78. The molecule has 1 aliphatic heterocycles. The predicted molar refractivity (Wildman–Crippen MR) is 114 cm³/mol. The molecule has 4 rings (SSSR count). The maximum Gasteiger partial charge on any atom is 0.417 e. The van der Waals surface area contributed by atoms with Gasteiger partial charge in [-0.2, -0.15) is 18.4 Å². The summed E-state index contributed by atoms with van der Waals surface area (Å²) in [4.78, 5) is 25.7. The molecule has 1 saturated heterocycles. The first-order valence-electron chi connectivity index (χ1n) is 10.6. The maximum absolute atomic E-state index is 13.6. The summed E-state index contributed by atoms with van der Waals surface area (Å²) in [5.41, 5.74) is -2.54. The highest BCUT2D eigenvalue weighted by Crippen LogP contribution is 2.45. The van der Waals surface area contributed by atoms with E-state index < -0.39 is 92.8 Å². The lowest BCUT2D eigenvalue weighted by Gasteiger charge is -2.40. The van der Waals surface area contributed by atoms with Crippen LogP contribution in [-0.2, 0) is 25.6 Å². The van der Waals surface area contributed by atoms with Crippen molar-refractivity contribution in [3.63, 3.8) is 0 Å². The smallest absolute Gasteiger partial charge is 0.338 e. The lowest BCUT2D eigenvalue weighted by molar-refractivity contribution is -0.171. The molecule has 14 heteroatoms. The van der Waals surface area contributed by atoms with Gasteiger partial charge in [-0.15, -0.1) is 0 Å². The van der Waals surface area contributed by atoms with Crippen molar-refractivity contribution in [1.29, 1.82) is 5.26 Å². The van der Waals surface area contributed by atoms with Crippen LogP contribution in [0.2, 0.25) is 0 Å². The van der Waals surface area contributed by atoms with Gasteiger partial charge in [-0.3, -0.25) is 9.59 Å². The first-order valence-corrected chi connectivity index (χ1v) is 12.9. The van der Waals surface area contributed by atoms with E-state index in [0.717, 1.165) is 17.0 Å². The number of nitrogens with zero attached hydrogens (tertiary/aromatic N) is 2. The largest absolute Gasteiger partial charge is 0.417 e. The van der Waals surface area contributed by atoms with Gasteiger partial charge in [0.25, 0.3) is 5.92 Å². The van der Waals surface area contributed by atoms with Crippen LogP contribution in [0.4, 0.5) is 22.0 Å². The molecule has 2 amide bonds. The minimum atomic E-state index is -4.99. The highest BCUT2D eigenvalue weighted by Gasteiger charge is 2.55. The van der Waals surface area contributed by atoms with Gasteiger partial charge in [0, 0.05) is 4.47 Å². The van der Waals surface area contributed by atoms with Crippen molar-refractivity contribution in [3.05, 3.63) is 28.2 Å². The van der Waals surface area contributed by atoms with Crippen molar-refractivity contribution >= 4 is 37.6 Å². The minimum absolute atomic E-state index is 0.00505. The fourth-order valence-corrected chi connectivity index (χ4v) is 6.96. The third-order valence-corrected chi connectivity index (χ3v) is 9.37. The summed E-state index contributed by atoms with van der Waals surface area (Å²) in [6.07, 6.45) is -5.27. The molecule has 0 bridgehead atoms. The first kappa shape index (κ1) is 25.8. The van der Waals surface area contributed by atoms with E-state index >= 15 is 0 Å². The Morgan fingerprint density at radius 1 is 1.14 bits per heavy atom. The molecular formula is C21H19BrF5N3O4S. The Kier molecular flexibility index (Phi) is 6.19. The average Bonchev–Trinajstić information content (AvgIpc) is 3.35. The standard InChI is InChI=1S/C21H19BrF5N3O4S/c22-11-1-2-16(15(5-11)21(25,26)27)35(33,34)12-6-13(17(31)29-19(8-28)3-4-19)14(7-12)18(32)30-9-20(23,24)10-30/h1-2,5,12-14H,3-4,6-7,9-10H2,(H,29,31). The highest BCUT2D eigenvalue weighted by molar-refractivity contribution is 9.10. The number of sulfone groups is 1. The SMILES string of the molecule is N#CC1(NC(=O)C2CC(S(=O)(=O)c3ccc(Br)cc3C(F)(F)F)CC2C(=O)N2CC(F)(F)C2)CC1. The number of hydrogen-bond donors (Lipinski definition) is 1. The number of carbonyl (C=O) groups is 2. The van der Waals surface area contributed by atoms with Gasteiger partial charge in [-0.05, 0) is 43.9 Å². The summed E-state index contributed by atoms with van der Waals surface area (Å²) in [7, 11) is -4.68. The van der Waals surface area contributed by atoms with Crippen molar-refractivity contribution in [3.8, 4) is 6.07 Å². The lowest BCUT2D eigenvalue weighted by Crippen LogP contribution is -2.60. The zero-order chi connectivity index (χ0) is 26.0. The molecule has 1 heterocycles. The zero-order valence-corrected chi connectivity index (χ0v) is 20.3. The van der Waals surface area contributed by atoms with Crippen molar-refractivity contribution in [1.82, 2.24) is 10.2 Å². The molecule has 0 aromatic heterocycles. The molecule has 3 aliphatic rings. The molecule has 190 valence electrons. The van der Waals surface area contributed by atoms with Crippen LogP contribution in [0.3, 0.4) is 0 Å². The summed E-state index contributed by atoms with van der Waals surface area (Å²) in [5, 5.41) is 10.2. The van der Waals surface area contributed by atoms with Crippen LogP contribution in [0.5, 0.6) is 0 Å². The normalized spacial score (nSPS) is 27.0. The second kappa shape index (κ2) is 8.40. The van der Waals surface area contributed by atoms with E-state index in [1.165, 1.54) is 0 Å². The third kappa shape index (κ3) is 4.89. The lowest BCUT2D eigenvalue weighted by atomic mass is 9.92. The number of carbonyl (C=O) groups excluding carboxylic acids is 2. The summed E-state index contributed by atoms with van der Waals surface area (Å²) in [5.74, 6) is -7.38. The first-order chi connectivity index (χ1) is 16.1.